The predicted octanol–water partition coefficient (Wildman–Crippen LogP) is 1.24. The Morgan fingerprint density at radius 1 is 1.32 bits per heavy atom. The van der Waals surface area contributed by atoms with Crippen molar-refractivity contribution < 1.29 is 14.0 Å². The van der Waals surface area contributed by atoms with E-state index in [1.54, 1.807) is 30.5 Å². The number of hydrogen-bond acceptors (Lipinski definition) is 4. The minimum atomic E-state index is -0.760. The van der Waals surface area contributed by atoms with Crippen LogP contribution >= 0.6 is 0 Å². The molecule has 0 bridgehead atoms. The van der Waals surface area contributed by atoms with Crippen molar-refractivity contribution in [3.8, 4) is 0 Å². The molecule has 2 aromatic heterocycles. The molecule has 2 N–H and O–H groups in total. The Kier molecular flexibility index (Phi) is 3.92. The number of carbonyl (C=O) groups excluding carboxylic acids is 2. The average Bonchev–Trinajstić information content (AvgIpc) is 2.89. The lowest BCUT2D eigenvalue weighted by molar-refractivity contribution is -0.136. The molecule has 2 heterocycles. The molecule has 0 aliphatic carbocycles. The second kappa shape index (κ2) is 5.81. The molecule has 0 radical (unpaired) electrons. The monoisotopic (exact) mass is 259 g/mol. The molecule has 0 saturated carbocycles. The fourth-order valence-electron chi connectivity index (χ4n) is 1.44. The Morgan fingerprint density at radius 3 is 2.84 bits per heavy atom. The summed E-state index contributed by atoms with van der Waals surface area (Å²) in [4.78, 5) is 27.1. The number of hydrogen-bond donors (Lipinski definition) is 2. The van der Waals surface area contributed by atoms with Gasteiger partial charge in [-0.3, -0.25) is 9.59 Å². The number of rotatable bonds is 3. The van der Waals surface area contributed by atoms with Gasteiger partial charge in [0.25, 0.3) is 0 Å². The minimum absolute atomic E-state index is 0.167. The van der Waals surface area contributed by atoms with Crippen LogP contribution < -0.4 is 10.6 Å². The Morgan fingerprint density at radius 2 is 2.16 bits per heavy atom. The van der Waals surface area contributed by atoms with Crippen molar-refractivity contribution in [2.45, 2.75) is 13.5 Å². The van der Waals surface area contributed by atoms with Crippen LogP contribution in [0.15, 0.2) is 41.1 Å². The van der Waals surface area contributed by atoms with E-state index in [9.17, 15) is 9.59 Å². The molecule has 0 spiro atoms. The molecule has 0 aliphatic rings. The zero-order valence-electron chi connectivity index (χ0n) is 10.3. The third-order valence-corrected chi connectivity index (χ3v) is 2.37. The van der Waals surface area contributed by atoms with E-state index in [2.05, 4.69) is 15.6 Å². The summed E-state index contributed by atoms with van der Waals surface area (Å²) in [6.45, 7) is 2.04. The van der Waals surface area contributed by atoms with Crippen molar-refractivity contribution in [2.75, 3.05) is 5.32 Å². The highest BCUT2D eigenvalue weighted by atomic mass is 16.3. The van der Waals surface area contributed by atoms with Crippen molar-refractivity contribution in [1.82, 2.24) is 10.3 Å². The number of furan rings is 1. The highest BCUT2D eigenvalue weighted by Crippen LogP contribution is 2.05. The first kappa shape index (κ1) is 12.8. The standard InChI is InChI=1S/C13H13N3O3/c1-9-4-5-14-11(7-9)16-13(18)12(17)15-8-10-3-2-6-19-10/h2-7H,8H2,1H3,(H,15,17)(H,14,16,18). The van der Waals surface area contributed by atoms with Gasteiger partial charge in [0.2, 0.25) is 0 Å². The van der Waals surface area contributed by atoms with Gasteiger partial charge < -0.3 is 15.1 Å². The van der Waals surface area contributed by atoms with Crippen LogP contribution in [0.5, 0.6) is 0 Å². The lowest BCUT2D eigenvalue weighted by atomic mass is 10.3. The summed E-state index contributed by atoms with van der Waals surface area (Å²) in [5.41, 5.74) is 0.946. The van der Waals surface area contributed by atoms with E-state index in [0.717, 1.165) is 5.56 Å². The maximum atomic E-state index is 11.6. The molecule has 0 saturated heterocycles. The predicted molar refractivity (Wildman–Crippen MR) is 68.2 cm³/mol. The maximum Gasteiger partial charge on any atom is 0.314 e. The Labute approximate surface area is 109 Å². The number of nitrogens with one attached hydrogen (secondary N) is 2. The van der Waals surface area contributed by atoms with Gasteiger partial charge in [-0.05, 0) is 36.8 Å². The Bertz CT molecular complexity index is 579. The van der Waals surface area contributed by atoms with Crippen LogP contribution in [0.4, 0.5) is 5.82 Å². The van der Waals surface area contributed by atoms with Crippen LogP contribution in [0.1, 0.15) is 11.3 Å². The summed E-state index contributed by atoms with van der Waals surface area (Å²) < 4.78 is 5.04. The van der Waals surface area contributed by atoms with Gasteiger partial charge in [-0.2, -0.15) is 0 Å². The molecule has 0 unspecified atom stereocenters. The molecule has 19 heavy (non-hydrogen) atoms. The van der Waals surface area contributed by atoms with E-state index in [4.69, 9.17) is 4.42 Å². The highest BCUT2D eigenvalue weighted by Gasteiger charge is 2.14. The summed E-state index contributed by atoms with van der Waals surface area (Å²) in [5.74, 6) is -0.572. The smallest absolute Gasteiger partial charge is 0.314 e. The first-order valence-corrected chi connectivity index (χ1v) is 5.69. The van der Waals surface area contributed by atoms with Gasteiger partial charge in [0.15, 0.2) is 0 Å². The lowest BCUT2D eigenvalue weighted by Gasteiger charge is -2.05. The normalized spacial score (nSPS) is 9.95. The molecular formula is C13H13N3O3. The number of nitrogens with zero attached hydrogens (tertiary/aromatic N) is 1. The molecule has 2 rings (SSSR count). The van der Waals surface area contributed by atoms with Gasteiger partial charge in [-0.15, -0.1) is 0 Å². The third-order valence-electron chi connectivity index (χ3n) is 2.37. The second-order valence-electron chi connectivity index (χ2n) is 3.93. The Hall–Kier alpha value is -2.63. The van der Waals surface area contributed by atoms with Crippen LogP contribution in [-0.4, -0.2) is 16.8 Å². The number of amides is 2. The van der Waals surface area contributed by atoms with Gasteiger partial charge in [-0.1, -0.05) is 0 Å². The van der Waals surface area contributed by atoms with Crippen LogP contribution in [0.3, 0.4) is 0 Å². The minimum Gasteiger partial charge on any atom is -0.467 e. The van der Waals surface area contributed by atoms with Crippen molar-refractivity contribution in [1.29, 1.82) is 0 Å². The topological polar surface area (TPSA) is 84.2 Å². The summed E-state index contributed by atoms with van der Waals surface area (Å²) in [6, 6.07) is 6.89. The van der Waals surface area contributed by atoms with Gasteiger partial charge in [-0.25, -0.2) is 4.98 Å². The van der Waals surface area contributed by atoms with E-state index in [-0.39, 0.29) is 6.54 Å². The second-order valence-corrected chi connectivity index (χ2v) is 3.93. The average molecular weight is 259 g/mol. The summed E-state index contributed by atoms with van der Waals surface area (Å²) in [5, 5.41) is 4.87. The van der Waals surface area contributed by atoms with Gasteiger partial charge in [0.1, 0.15) is 11.6 Å². The van der Waals surface area contributed by atoms with Crippen LogP contribution in [-0.2, 0) is 16.1 Å². The van der Waals surface area contributed by atoms with Gasteiger partial charge >= 0.3 is 11.8 Å². The fourth-order valence-corrected chi connectivity index (χ4v) is 1.44. The summed E-state index contributed by atoms with van der Waals surface area (Å²) in [6.07, 6.45) is 3.06. The van der Waals surface area contributed by atoms with E-state index in [1.165, 1.54) is 6.26 Å². The first-order valence-electron chi connectivity index (χ1n) is 5.69. The van der Waals surface area contributed by atoms with Crippen molar-refractivity contribution in [2.24, 2.45) is 0 Å². The quantitative estimate of drug-likeness (QED) is 0.812. The van der Waals surface area contributed by atoms with Gasteiger partial charge in [0, 0.05) is 6.20 Å². The van der Waals surface area contributed by atoms with Crippen molar-refractivity contribution >= 4 is 17.6 Å². The van der Waals surface area contributed by atoms with E-state index >= 15 is 0 Å². The molecule has 6 nitrogen and oxygen atoms in total. The zero-order valence-corrected chi connectivity index (χ0v) is 10.3. The van der Waals surface area contributed by atoms with Crippen molar-refractivity contribution in [3.05, 3.63) is 48.0 Å². The third kappa shape index (κ3) is 3.67. The fraction of sp³-hybridized carbons (Fsp3) is 0.154. The molecule has 2 amide bonds. The molecular weight excluding hydrogens is 246 g/mol. The molecule has 2 aromatic rings. The molecule has 0 aliphatic heterocycles. The molecule has 0 fully saturated rings. The number of pyridine rings is 1. The number of aromatic nitrogens is 1. The van der Waals surface area contributed by atoms with E-state index < -0.39 is 11.8 Å². The molecule has 98 valence electrons. The van der Waals surface area contributed by atoms with Gasteiger partial charge in [0.05, 0.1) is 12.8 Å². The largest absolute Gasteiger partial charge is 0.467 e. The van der Waals surface area contributed by atoms with Crippen LogP contribution in [0.2, 0.25) is 0 Å². The lowest BCUT2D eigenvalue weighted by Crippen LogP contribution is -2.35. The molecule has 6 heteroatoms. The van der Waals surface area contributed by atoms with Crippen LogP contribution in [0.25, 0.3) is 0 Å². The van der Waals surface area contributed by atoms with E-state index in [0.29, 0.717) is 11.6 Å². The first-order chi connectivity index (χ1) is 9.15. The highest BCUT2D eigenvalue weighted by molar-refractivity contribution is 6.39. The SMILES string of the molecule is Cc1ccnc(NC(=O)C(=O)NCc2ccco2)c1. The van der Waals surface area contributed by atoms with Crippen LogP contribution in [0, 0.1) is 6.92 Å². The number of anilines is 1. The van der Waals surface area contributed by atoms with Crippen molar-refractivity contribution in [3.63, 3.8) is 0 Å². The molecule has 0 aromatic carbocycles. The van der Waals surface area contributed by atoms with E-state index in [1.807, 2.05) is 6.92 Å². The zero-order chi connectivity index (χ0) is 13.7. The molecule has 0 atom stereocenters. The Balaban J connectivity index is 1.87. The summed E-state index contributed by atoms with van der Waals surface area (Å²) in [7, 11) is 0. The summed E-state index contributed by atoms with van der Waals surface area (Å²) >= 11 is 0. The maximum absolute atomic E-state index is 11.6. The number of carbonyl (C=O) groups is 2. The number of aryl methyl sites for hydroxylation is 1.